The maximum Gasteiger partial charge on any atom is 0.309 e. The van der Waals surface area contributed by atoms with Gasteiger partial charge in [-0.15, -0.1) is 0 Å². The van der Waals surface area contributed by atoms with Crippen molar-refractivity contribution in [2.75, 3.05) is 26.4 Å². The first-order valence-electron chi connectivity index (χ1n) is 23.8. The third kappa shape index (κ3) is 17.7. The SMILES string of the molecule is CCOC(=O)[C@@H]1C[C@H](N)[C@@H](C)[C@H](OC(CC)CC)[C@@H]1C.CCOC(=O)[C@@H]1C[C@H]([N+](=O)[O-])[C@@H](C)[C@H](OC(CC)CC)[C@@H]1C.CCOOCC1=C[C@@H](OC(CC)CC)[C@H](C)[C@@H](N)C1. The number of rotatable bonds is 21. The molecule has 14 nitrogen and oxygen atoms in total. The van der Waals surface area contributed by atoms with Crippen LogP contribution in [0.15, 0.2) is 11.6 Å². The molecule has 2 saturated carbocycles. The number of carbonyl (C=O) groups is 2. The van der Waals surface area contributed by atoms with Crippen molar-refractivity contribution < 1.29 is 48.0 Å². The molecule has 0 heterocycles. The molecule has 0 unspecified atom stereocenters. The molecule has 14 heteroatoms. The summed E-state index contributed by atoms with van der Waals surface area (Å²) in [6.07, 6.45) is 10.2. The lowest BCUT2D eigenvalue weighted by Crippen LogP contribution is -2.52. The van der Waals surface area contributed by atoms with Gasteiger partial charge in [0, 0.05) is 29.3 Å². The summed E-state index contributed by atoms with van der Waals surface area (Å²) in [5.41, 5.74) is 13.6. The van der Waals surface area contributed by atoms with Crippen LogP contribution in [0.1, 0.15) is 155 Å². The van der Waals surface area contributed by atoms with E-state index in [1.807, 2.05) is 41.5 Å². The number of ether oxygens (including phenoxy) is 5. The fraction of sp³-hybridized carbons (Fsp3) is 0.915. The van der Waals surface area contributed by atoms with Gasteiger partial charge >= 0.3 is 11.9 Å². The highest BCUT2D eigenvalue weighted by Crippen LogP contribution is 2.40. The lowest BCUT2D eigenvalue weighted by Gasteiger charge is -2.43. The summed E-state index contributed by atoms with van der Waals surface area (Å²) < 4.78 is 28.8. The number of nitro groups is 1. The van der Waals surface area contributed by atoms with Gasteiger partial charge < -0.3 is 35.2 Å². The Kier molecular flexibility index (Phi) is 28.0. The fourth-order valence-electron chi connectivity index (χ4n) is 8.95. The van der Waals surface area contributed by atoms with Crippen LogP contribution < -0.4 is 11.5 Å². The van der Waals surface area contributed by atoms with Crippen molar-refractivity contribution in [1.82, 2.24) is 0 Å². The maximum atomic E-state index is 12.2. The molecule has 13 atom stereocenters. The Balaban J connectivity index is 0.000000459. The fourth-order valence-corrected chi connectivity index (χ4v) is 8.95. The van der Waals surface area contributed by atoms with Crippen molar-refractivity contribution in [2.45, 2.75) is 209 Å². The molecule has 0 bridgehead atoms. The molecular formula is C47H89N3O11. The number of carbonyl (C=O) groups excluding carboxylic acids is 2. The highest BCUT2D eigenvalue weighted by Gasteiger charge is 2.50. The van der Waals surface area contributed by atoms with Gasteiger partial charge in [-0.2, -0.15) is 0 Å². The summed E-state index contributed by atoms with van der Waals surface area (Å²) >= 11 is 0. The summed E-state index contributed by atoms with van der Waals surface area (Å²) in [4.78, 5) is 45.4. The molecule has 358 valence electrons. The second-order valence-electron chi connectivity index (χ2n) is 17.5. The average molecular weight is 872 g/mol. The molecule has 0 radical (unpaired) electrons. The Morgan fingerprint density at radius 1 is 0.623 bits per heavy atom. The molecule has 61 heavy (non-hydrogen) atoms. The van der Waals surface area contributed by atoms with Crippen molar-refractivity contribution in [2.24, 2.45) is 52.9 Å². The predicted octanol–water partition coefficient (Wildman–Crippen LogP) is 8.63. The highest BCUT2D eigenvalue weighted by atomic mass is 17.2. The number of nitrogens with two attached hydrogens (primary N) is 2. The highest BCUT2D eigenvalue weighted by molar-refractivity contribution is 5.73. The monoisotopic (exact) mass is 872 g/mol. The first-order valence-corrected chi connectivity index (χ1v) is 23.8. The minimum Gasteiger partial charge on any atom is -0.466 e. The number of nitrogens with zero attached hydrogens (tertiary/aromatic N) is 1. The molecule has 0 aromatic heterocycles. The molecule has 0 spiro atoms. The van der Waals surface area contributed by atoms with E-state index in [0.29, 0.717) is 44.9 Å². The topological polar surface area (TPSA) is 194 Å². The van der Waals surface area contributed by atoms with Gasteiger partial charge in [-0.1, -0.05) is 82.2 Å². The number of hydrogen-bond acceptors (Lipinski definition) is 13. The zero-order chi connectivity index (χ0) is 46.4. The van der Waals surface area contributed by atoms with Crippen molar-refractivity contribution in [1.29, 1.82) is 0 Å². The van der Waals surface area contributed by atoms with Crippen LogP contribution in [0.3, 0.4) is 0 Å². The first-order chi connectivity index (χ1) is 28.9. The summed E-state index contributed by atoms with van der Waals surface area (Å²) in [6, 6.07) is -0.630. The van der Waals surface area contributed by atoms with Gasteiger partial charge in [0.2, 0.25) is 6.04 Å². The van der Waals surface area contributed by atoms with E-state index in [-0.39, 0.29) is 95.5 Å². The van der Waals surface area contributed by atoms with Crippen LogP contribution in [0.5, 0.6) is 0 Å². The molecule has 0 aliphatic heterocycles. The van der Waals surface area contributed by atoms with Crippen LogP contribution in [0, 0.1) is 51.5 Å². The van der Waals surface area contributed by atoms with Crippen LogP contribution >= 0.6 is 0 Å². The zero-order valence-corrected chi connectivity index (χ0v) is 40.6. The average Bonchev–Trinajstić information content (AvgIpc) is 3.23. The standard InChI is InChI=1S/C16H29NO5.C16H31NO3.C15H29NO3/c1-6-12(7-2)22-15-10(4)13(16(18)21-8-3)9-14(11(15)5)17(19)20;1-6-12(7-2)20-15-10(4)13(16(18)19-8-3)9-14(17)11(15)5;1-5-13(6-2)19-15-9-12(10-18-17-7-3)8-14(16)11(15)4/h10-15H,6-9H2,1-5H3;10-15H,6-9,17H2,1-5H3;9,11,13-15H,5-8,10,16H2,1-4H3/t2*10-,11-,13-,14+,15-;11-,14+,15-/m111/s1. The van der Waals surface area contributed by atoms with Crippen LogP contribution in [-0.2, 0) is 43.0 Å². The van der Waals surface area contributed by atoms with Crippen molar-refractivity contribution >= 4 is 11.9 Å². The lowest BCUT2D eigenvalue weighted by atomic mass is 9.70. The van der Waals surface area contributed by atoms with E-state index >= 15 is 0 Å². The van der Waals surface area contributed by atoms with Gasteiger partial charge in [0.25, 0.3) is 0 Å². The molecular weight excluding hydrogens is 783 g/mol. The van der Waals surface area contributed by atoms with Crippen LogP contribution in [0.4, 0.5) is 0 Å². The summed E-state index contributed by atoms with van der Waals surface area (Å²) in [5.74, 6) is -0.585. The minimum atomic E-state index is -0.759. The predicted molar refractivity (Wildman–Crippen MR) is 240 cm³/mol. The van der Waals surface area contributed by atoms with Gasteiger partial charge in [0.1, 0.15) is 6.61 Å². The third-order valence-corrected chi connectivity index (χ3v) is 13.4. The molecule has 3 aliphatic carbocycles. The Morgan fingerprint density at radius 3 is 1.49 bits per heavy atom. The molecule has 0 amide bonds. The van der Waals surface area contributed by atoms with Crippen molar-refractivity contribution in [3.63, 3.8) is 0 Å². The van der Waals surface area contributed by atoms with E-state index in [4.69, 9.17) is 44.9 Å². The lowest BCUT2D eigenvalue weighted by molar-refractivity contribution is -0.541. The Bertz CT molecular complexity index is 1260. The molecule has 0 aromatic carbocycles. The Morgan fingerprint density at radius 2 is 1.07 bits per heavy atom. The van der Waals surface area contributed by atoms with E-state index in [1.54, 1.807) is 6.92 Å². The summed E-state index contributed by atoms with van der Waals surface area (Å²) in [6.45, 7) is 30.1. The van der Waals surface area contributed by atoms with E-state index in [1.165, 1.54) is 5.57 Å². The molecule has 2 fully saturated rings. The molecule has 3 rings (SSSR count). The largest absolute Gasteiger partial charge is 0.466 e. The van der Waals surface area contributed by atoms with Crippen molar-refractivity contribution in [3.8, 4) is 0 Å². The van der Waals surface area contributed by atoms with Gasteiger partial charge in [-0.3, -0.25) is 19.7 Å². The van der Waals surface area contributed by atoms with Gasteiger partial charge in [0.15, 0.2) is 0 Å². The normalized spacial score (nSPS) is 31.4. The maximum absolute atomic E-state index is 12.2. The zero-order valence-electron chi connectivity index (χ0n) is 40.6. The number of esters is 2. The van der Waals surface area contributed by atoms with E-state index in [9.17, 15) is 19.7 Å². The van der Waals surface area contributed by atoms with Gasteiger partial charge in [0.05, 0.1) is 74.2 Å². The third-order valence-electron chi connectivity index (χ3n) is 13.4. The Labute approximate surface area is 369 Å². The van der Waals surface area contributed by atoms with E-state index in [0.717, 1.165) is 44.9 Å². The minimum absolute atomic E-state index is 0.0000293. The van der Waals surface area contributed by atoms with E-state index < -0.39 is 12.0 Å². The quantitative estimate of drug-likeness (QED) is 0.0278. The molecule has 0 saturated heterocycles. The smallest absolute Gasteiger partial charge is 0.309 e. The summed E-state index contributed by atoms with van der Waals surface area (Å²) in [7, 11) is 0. The van der Waals surface area contributed by atoms with Gasteiger partial charge in [-0.05, 0) is 95.5 Å². The second kappa shape index (κ2) is 30.0. The van der Waals surface area contributed by atoms with Gasteiger partial charge in [-0.25, -0.2) is 9.78 Å². The van der Waals surface area contributed by atoms with Crippen molar-refractivity contribution in [3.05, 3.63) is 21.8 Å². The van der Waals surface area contributed by atoms with E-state index in [2.05, 4.69) is 54.5 Å². The van der Waals surface area contributed by atoms with Crippen LogP contribution in [0.25, 0.3) is 0 Å². The first kappa shape index (κ1) is 56.8. The number of hydrogen-bond donors (Lipinski definition) is 2. The molecule has 0 aromatic rings. The molecule has 3 aliphatic rings. The van der Waals surface area contributed by atoms with Crippen LogP contribution in [-0.4, -0.2) is 98.0 Å². The Hall–Kier alpha value is -2.20. The molecule has 4 N–H and O–H groups in total. The second-order valence-corrected chi connectivity index (χ2v) is 17.5. The van der Waals surface area contributed by atoms with Crippen LogP contribution in [0.2, 0.25) is 0 Å². The summed E-state index contributed by atoms with van der Waals surface area (Å²) in [5, 5.41) is 11.4.